The van der Waals surface area contributed by atoms with E-state index in [0.29, 0.717) is 5.75 Å². The topological polar surface area (TPSA) is 34.1 Å². The monoisotopic (exact) mass is 296 g/mol. The van der Waals surface area contributed by atoms with E-state index in [-0.39, 0.29) is 10.7 Å². The van der Waals surface area contributed by atoms with E-state index in [9.17, 15) is 8.42 Å². The molecule has 0 saturated heterocycles. The van der Waals surface area contributed by atoms with Crippen LogP contribution in [0.5, 0.6) is 0 Å². The summed E-state index contributed by atoms with van der Waals surface area (Å²) in [6, 6.07) is 0. The van der Waals surface area contributed by atoms with Gasteiger partial charge in [0.05, 0.1) is 11.0 Å². The average molecular weight is 297 g/mol. The number of rotatable bonds is 6. The molecule has 15 heavy (non-hydrogen) atoms. The van der Waals surface area contributed by atoms with Crippen molar-refractivity contribution in [2.45, 2.75) is 45.3 Å². The number of alkyl halides is 1. The maximum absolute atomic E-state index is 11.7. The largest absolute Gasteiger partial charge is 0.229 e. The molecule has 0 aliphatic heterocycles. The highest BCUT2D eigenvalue weighted by molar-refractivity contribution is 9.09. The number of sulfone groups is 1. The van der Waals surface area contributed by atoms with Crippen LogP contribution in [0.1, 0.15) is 40.0 Å². The molecule has 0 aromatic rings. The highest BCUT2D eigenvalue weighted by Gasteiger charge is 2.41. The van der Waals surface area contributed by atoms with Gasteiger partial charge >= 0.3 is 0 Å². The van der Waals surface area contributed by atoms with Gasteiger partial charge in [0.15, 0.2) is 9.84 Å². The lowest BCUT2D eigenvalue weighted by molar-refractivity contribution is 0.309. The highest BCUT2D eigenvalue weighted by atomic mass is 79.9. The first-order valence-electron chi connectivity index (χ1n) is 5.59. The van der Waals surface area contributed by atoms with Gasteiger partial charge in [0, 0.05) is 5.33 Å². The molecule has 0 aromatic heterocycles. The quantitative estimate of drug-likeness (QED) is 0.706. The standard InChI is InChI=1S/C11H21BrO2S/c1-9(2)15(13,14)7-6-11(3,8-12)10-4-5-10/h9-10H,4-8H2,1-3H3. The summed E-state index contributed by atoms with van der Waals surface area (Å²) in [7, 11) is -2.87. The Morgan fingerprint density at radius 2 is 1.93 bits per heavy atom. The summed E-state index contributed by atoms with van der Waals surface area (Å²) in [5.74, 6) is 1.07. The summed E-state index contributed by atoms with van der Waals surface area (Å²) in [5, 5.41) is 0.675. The fraction of sp³-hybridized carbons (Fsp3) is 1.00. The Hall–Kier alpha value is 0.430. The average Bonchev–Trinajstić information content (AvgIpc) is 2.97. The molecule has 0 amide bonds. The molecule has 0 spiro atoms. The molecule has 1 saturated carbocycles. The van der Waals surface area contributed by atoms with Crippen molar-refractivity contribution < 1.29 is 8.42 Å². The molecule has 2 nitrogen and oxygen atoms in total. The van der Waals surface area contributed by atoms with Crippen LogP contribution in [0.4, 0.5) is 0 Å². The zero-order chi connectivity index (χ0) is 11.7. The molecule has 1 unspecified atom stereocenters. The third kappa shape index (κ3) is 3.45. The first-order chi connectivity index (χ1) is 6.82. The van der Waals surface area contributed by atoms with Crippen molar-refractivity contribution in [3.8, 4) is 0 Å². The maximum Gasteiger partial charge on any atom is 0.152 e. The van der Waals surface area contributed by atoms with Gasteiger partial charge in [-0.05, 0) is 44.4 Å². The summed E-state index contributed by atoms with van der Waals surface area (Å²) in [6.07, 6.45) is 3.33. The van der Waals surface area contributed by atoms with Crippen molar-refractivity contribution in [2.24, 2.45) is 11.3 Å². The van der Waals surface area contributed by atoms with Gasteiger partial charge in [-0.1, -0.05) is 22.9 Å². The Morgan fingerprint density at radius 1 is 1.40 bits per heavy atom. The van der Waals surface area contributed by atoms with E-state index in [4.69, 9.17) is 0 Å². The first kappa shape index (κ1) is 13.5. The third-order valence-corrected chi connectivity index (χ3v) is 7.03. The van der Waals surface area contributed by atoms with E-state index >= 15 is 0 Å². The Kier molecular flexibility index (Phi) is 4.27. The number of hydrogen-bond donors (Lipinski definition) is 0. The minimum absolute atomic E-state index is 0.183. The van der Waals surface area contributed by atoms with Gasteiger partial charge in [0.1, 0.15) is 0 Å². The Morgan fingerprint density at radius 3 is 2.27 bits per heavy atom. The maximum atomic E-state index is 11.7. The Labute approximate surface area is 102 Å². The van der Waals surface area contributed by atoms with Crippen LogP contribution in [0.2, 0.25) is 0 Å². The molecule has 0 N–H and O–H groups in total. The van der Waals surface area contributed by atoms with Crippen molar-refractivity contribution in [2.75, 3.05) is 11.1 Å². The van der Waals surface area contributed by atoms with Crippen molar-refractivity contribution in [3.63, 3.8) is 0 Å². The lowest BCUT2D eigenvalue weighted by atomic mass is 9.85. The smallest absolute Gasteiger partial charge is 0.152 e. The molecule has 4 heteroatoms. The molecule has 1 rings (SSSR count). The van der Waals surface area contributed by atoms with E-state index in [2.05, 4.69) is 22.9 Å². The normalized spacial score (nSPS) is 21.7. The first-order valence-corrected chi connectivity index (χ1v) is 8.43. The summed E-state index contributed by atoms with van der Waals surface area (Å²) in [5.41, 5.74) is 0.183. The molecule has 0 bridgehead atoms. The SMILES string of the molecule is CC(C)S(=O)(=O)CCC(C)(CBr)C1CC1. The van der Waals surface area contributed by atoms with Crippen LogP contribution in [0.3, 0.4) is 0 Å². The predicted octanol–water partition coefficient (Wildman–Crippen LogP) is 3.01. The molecule has 90 valence electrons. The summed E-state index contributed by atoms with van der Waals surface area (Å²) >= 11 is 3.52. The second-order valence-corrected chi connectivity index (χ2v) is 8.47. The van der Waals surface area contributed by atoms with Crippen LogP contribution in [-0.2, 0) is 9.84 Å². The van der Waals surface area contributed by atoms with Gasteiger partial charge in [-0.2, -0.15) is 0 Å². The van der Waals surface area contributed by atoms with Gasteiger partial charge in [-0.3, -0.25) is 0 Å². The van der Waals surface area contributed by atoms with Gasteiger partial charge in [-0.25, -0.2) is 8.42 Å². The Balaban J connectivity index is 2.55. The minimum Gasteiger partial charge on any atom is -0.229 e. The van der Waals surface area contributed by atoms with Crippen molar-refractivity contribution >= 4 is 25.8 Å². The van der Waals surface area contributed by atoms with Crippen LogP contribution in [0, 0.1) is 11.3 Å². The summed E-state index contributed by atoms with van der Waals surface area (Å²) in [4.78, 5) is 0. The van der Waals surface area contributed by atoms with Crippen LogP contribution >= 0.6 is 15.9 Å². The molecule has 1 aliphatic carbocycles. The number of hydrogen-bond acceptors (Lipinski definition) is 2. The molecule has 1 aliphatic rings. The molecule has 1 atom stereocenters. The van der Waals surface area contributed by atoms with E-state index in [1.54, 1.807) is 13.8 Å². The molecule has 1 fully saturated rings. The van der Waals surface area contributed by atoms with Crippen LogP contribution in [0.15, 0.2) is 0 Å². The molecule has 0 aromatic carbocycles. The van der Waals surface area contributed by atoms with Crippen LogP contribution in [0.25, 0.3) is 0 Å². The van der Waals surface area contributed by atoms with Crippen LogP contribution in [-0.4, -0.2) is 24.8 Å². The fourth-order valence-electron chi connectivity index (χ4n) is 1.77. The van der Waals surface area contributed by atoms with E-state index in [1.165, 1.54) is 12.8 Å². The molecule has 0 radical (unpaired) electrons. The number of halogens is 1. The minimum atomic E-state index is -2.87. The van der Waals surface area contributed by atoms with Gasteiger partial charge in [0.25, 0.3) is 0 Å². The van der Waals surface area contributed by atoms with E-state index in [0.717, 1.165) is 17.7 Å². The van der Waals surface area contributed by atoms with Crippen molar-refractivity contribution in [3.05, 3.63) is 0 Å². The second kappa shape index (κ2) is 4.74. The molecular formula is C11H21BrO2S. The van der Waals surface area contributed by atoms with Crippen LogP contribution < -0.4 is 0 Å². The van der Waals surface area contributed by atoms with Gasteiger partial charge < -0.3 is 0 Å². The zero-order valence-electron chi connectivity index (χ0n) is 9.79. The summed E-state index contributed by atoms with van der Waals surface area (Å²) < 4.78 is 23.4. The van der Waals surface area contributed by atoms with Gasteiger partial charge in [-0.15, -0.1) is 0 Å². The zero-order valence-corrected chi connectivity index (χ0v) is 12.2. The van der Waals surface area contributed by atoms with Crippen molar-refractivity contribution in [1.82, 2.24) is 0 Å². The second-order valence-electron chi connectivity index (χ2n) is 5.23. The lowest BCUT2D eigenvalue weighted by Crippen LogP contribution is -2.27. The van der Waals surface area contributed by atoms with E-state index in [1.807, 2.05) is 0 Å². The third-order valence-electron chi connectivity index (χ3n) is 3.54. The predicted molar refractivity (Wildman–Crippen MR) is 68.2 cm³/mol. The Bertz CT molecular complexity index is 307. The van der Waals surface area contributed by atoms with Crippen molar-refractivity contribution in [1.29, 1.82) is 0 Å². The molecule has 0 heterocycles. The summed E-state index contributed by atoms with van der Waals surface area (Å²) in [6.45, 7) is 5.73. The van der Waals surface area contributed by atoms with Gasteiger partial charge in [0.2, 0.25) is 0 Å². The highest BCUT2D eigenvalue weighted by Crippen LogP contribution is 2.48. The molecular weight excluding hydrogens is 276 g/mol. The van der Waals surface area contributed by atoms with E-state index < -0.39 is 9.84 Å². The lowest BCUT2D eigenvalue weighted by Gasteiger charge is -2.27. The fourth-order valence-corrected chi connectivity index (χ4v) is 3.73.